The molecule has 1 aliphatic heterocycles. The van der Waals surface area contributed by atoms with Crippen molar-refractivity contribution >= 4 is 26.2 Å². The summed E-state index contributed by atoms with van der Waals surface area (Å²) in [5, 5.41) is 0. The van der Waals surface area contributed by atoms with Gasteiger partial charge in [-0.05, 0) is 123 Å². The average molecular weight is 697 g/mol. The molecule has 0 N–H and O–H groups in total. The van der Waals surface area contributed by atoms with Crippen LogP contribution < -0.4 is 0 Å². The largest absolute Gasteiger partial charge is 0.429 e. The zero-order valence-corrected chi connectivity index (χ0v) is 34.4. The van der Waals surface area contributed by atoms with Crippen molar-refractivity contribution in [1.82, 2.24) is 28.4 Å². The predicted molar refractivity (Wildman–Crippen MR) is 191 cm³/mol. The van der Waals surface area contributed by atoms with Crippen LogP contribution in [0.15, 0.2) is 0 Å². The fourth-order valence-electron chi connectivity index (χ4n) is 6.19. The third kappa shape index (κ3) is 13.9. The summed E-state index contributed by atoms with van der Waals surface area (Å²) in [5.41, 5.74) is 0. The van der Waals surface area contributed by atoms with Crippen LogP contribution in [0.25, 0.3) is 0 Å². The fraction of sp³-hybridized carbons (Fsp3) is 1.00. The molecule has 0 aromatic heterocycles. The van der Waals surface area contributed by atoms with Crippen molar-refractivity contribution in [3.05, 3.63) is 0 Å². The number of hydrogen-bond acceptors (Lipinski definition) is 12. The van der Waals surface area contributed by atoms with Crippen molar-refractivity contribution in [2.75, 3.05) is 122 Å². The van der Waals surface area contributed by atoms with E-state index in [0.29, 0.717) is 59.6 Å². The highest BCUT2D eigenvalue weighted by atomic mass is 28.4. The Bertz CT molecular complexity index is 642. The minimum Gasteiger partial charge on any atom is -0.383 e. The van der Waals surface area contributed by atoms with Gasteiger partial charge in [-0.15, -0.1) is 0 Å². The first-order valence-electron chi connectivity index (χ1n) is 17.5. The maximum Gasteiger partial charge on any atom is 0.429 e. The highest BCUT2D eigenvalue weighted by molar-refractivity contribution is 6.67. The van der Waals surface area contributed by atoms with Gasteiger partial charge in [0.05, 0.1) is 0 Å². The molecule has 1 rings (SSSR count). The van der Waals surface area contributed by atoms with E-state index in [1.54, 1.807) is 0 Å². The van der Waals surface area contributed by atoms with Gasteiger partial charge in [0.15, 0.2) is 0 Å². The van der Waals surface area contributed by atoms with Crippen LogP contribution in [0.2, 0.25) is 18.1 Å². The van der Waals surface area contributed by atoms with E-state index in [9.17, 15) is 0 Å². The lowest BCUT2D eigenvalue weighted by molar-refractivity contribution is -0.0181. The molecule has 1 fully saturated rings. The van der Waals surface area contributed by atoms with Gasteiger partial charge in [0.25, 0.3) is 0 Å². The van der Waals surface area contributed by atoms with Crippen LogP contribution >= 0.6 is 0 Å². The third-order valence-corrected chi connectivity index (χ3v) is 19.1. The molecule has 45 heavy (non-hydrogen) atoms. The van der Waals surface area contributed by atoms with Gasteiger partial charge in [-0.25, -0.2) is 0 Å². The van der Waals surface area contributed by atoms with Crippen LogP contribution in [0.1, 0.15) is 60.8 Å². The van der Waals surface area contributed by atoms with Crippen LogP contribution in [0, 0.1) is 0 Å². The molecule has 0 amide bonds. The smallest absolute Gasteiger partial charge is 0.383 e. The highest BCUT2D eigenvalue weighted by Crippen LogP contribution is 2.34. The van der Waals surface area contributed by atoms with Crippen molar-refractivity contribution in [2.45, 2.75) is 78.9 Å². The summed E-state index contributed by atoms with van der Waals surface area (Å²) >= 11 is 0. The van der Waals surface area contributed by atoms with Gasteiger partial charge in [0.2, 0.25) is 0 Å². The first-order chi connectivity index (χ1) is 21.4. The summed E-state index contributed by atoms with van der Waals surface area (Å²) in [7, 11) is 4.19. The Morgan fingerprint density at radius 2 is 0.600 bits per heavy atom. The quantitative estimate of drug-likeness (QED) is 0.118. The Kier molecular flexibility index (Phi) is 21.8. The van der Waals surface area contributed by atoms with E-state index >= 15 is 0 Å². The summed E-state index contributed by atoms with van der Waals surface area (Å²) in [5.74, 6) is 0. The van der Waals surface area contributed by atoms with E-state index in [1.165, 1.54) is 0 Å². The van der Waals surface area contributed by atoms with Crippen molar-refractivity contribution in [1.29, 1.82) is 0 Å². The number of rotatable bonds is 27. The van der Waals surface area contributed by atoms with E-state index in [4.69, 9.17) is 26.6 Å². The van der Waals surface area contributed by atoms with E-state index in [1.807, 2.05) is 0 Å². The summed E-state index contributed by atoms with van der Waals surface area (Å²) < 4.78 is 48.4. The molecule has 12 nitrogen and oxygen atoms in total. The minimum absolute atomic E-state index is 0.606. The van der Waals surface area contributed by atoms with Crippen molar-refractivity contribution < 1.29 is 26.6 Å². The molecule has 0 aromatic carbocycles. The Balaban J connectivity index is 3.82. The summed E-state index contributed by atoms with van der Waals surface area (Å²) in [6.07, 6.45) is 3.00. The Hall–Kier alpha value is 0.171. The second-order valence-electron chi connectivity index (χ2n) is 12.5. The lowest BCUT2D eigenvalue weighted by atomic mass is 10.5. The van der Waals surface area contributed by atoms with Crippen molar-refractivity contribution in [3.8, 4) is 0 Å². The van der Waals surface area contributed by atoms with Gasteiger partial charge < -0.3 is 41.3 Å². The zero-order valence-electron chi connectivity index (χ0n) is 31.4. The molecule has 0 aliphatic carbocycles. The van der Waals surface area contributed by atoms with Crippen LogP contribution in [-0.4, -0.2) is 176 Å². The van der Waals surface area contributed by atoms with E-state index in [-0.39, 0.29) is 0 Å². The van der Waals surface area contributed by atoms with Crippen LogP contribution in [0.5, 0.6) is 0 Å². The first kappa shape index (κ1) is 43.2. The Morgan fingerprint density at radius 1 is 0.400 bits per heavy atom. The molecule has 0 atom stereocenters. The standard InChI is InChI=1S/C30H72N6O6Si3/c1-13-37-43(38-14-2,25-19-22-31(7)8)34-28-35(44(39-15-3,40-16-4)26-20-23-32(9)10)30-36(29-34)45(41-17-5,42-18-6)27-21-24-33(11)12/h13-30H2,1-12H3. The maximum atomic E-state index is 6.80. The molecular weight excluding hydrogens is 625 g/mol. The lowest BCUT2D eigenvalue weighted by Gasteiger charge is -2.55. The third-order valence-electron chi connectivity index (χ3n) is 7.98. The molecule has 270 valence electrons. The molecule has 0 saturated carbocycles. The first-order valence-corrected chi connectivity index (χ1v) is 23.4. The topological polar surface area (TPSA) is 74.8 Å². The maximum absolute atomic E-state index is 6.80. The summed E-state index contributed by atoms with van der Waals surface area (Å²) in [4.78, 5) is 6.72. The van der Waals surface area contributed by atoms with Gasteiger partial charge >= 0.3 is 26.2 Å². The summed E-state index contributed by atoms with van der Waals surface area (Å²) in [6, 6.07) is 2.64. The van der Waals surface area contributed by atoms with Crippen LogP contribution in [0.3, 0.4) is 0 Å². The van der Waals surface area contributed by atoms with E-state index in [0.717, 1.165) is 57.0 Å². The molecular formula is C30H72N6O6Si3. The minimum atomic E-state index is -2.86. The predicted octanol–water partition coefficient (Wildman–Crippen LogP) is 3.67. The van der Waals surface area contributed by atoms with Crippen molar-refractivity contribution in [2.24, 2.45) is 0 Å². The van der Waals surface area contributed by atoms with Gasteiger partial charge in [-0.1, -0.05) is 0 Å². The molecule has 15 heteroatoms. The monoisotopic (exact) mass is 696 g/mol. The van der Waals surface area contributed by atoms with Gasteiger partial charge in [-0.2, -0.15) is 0 Å². The second-order valence-corrected chi connectivity index (χ2v) is 21.9. The number of hydrogen-bond donors (Lipinski definition) is 0. The number of nitrogens with zero attached hydrogens (tertiary/aromatic N) is 6. The van der Waals surface area contributed by atoms with Crippen LogP contribution in [-0.2, 0) is 26.6 Å². The van der Waals surface area contributed by atoms with E-state index < -0.39 is 26.2 Å². The molecule has 0 aromatic rings. The normalized spacial score (nSPS) is 16.6. The van der Waals surface area contributed by atoms with Gasteiger partial charge in [0.1, 0.15) is 0 Å². The average Bonchev–Trinajstić information content (AvgIpc) is 2.97. The van der Waals surface area contributed by atoms with Gasteiger partial charge in [-0.3, -0.25) is 13.7 Å². The highest BCUT2D eigenvalue weighted by Gasteiger charge is 2.57. The molecule has 1 aliphatic rings. The Labute approximate surface area is 281 Å². The lowest BCUT2D eigenvalue weighted by Crippen LogP contribution is -2.77. The molecule has 0 unspecified atom stereocenters. The summed E-state index contributed by atoms with van der Waals surface area (Å²) in [6.45, 7) is 21.2. The second kappa shape index (κ2) is 22.7. The molecule has 0 radical (unpaired) electrons. The molecule has 0 spiro atoms. The zero-order chi connectivity index (χ0) is 33.9. The SMILES string of the molecule is CCO[Si](CCCN(C)C)(OCC)N1CN([Si](CCCN(C)C)(OCC)OCC)CN([Si](CCCN(C)C)(OCC)OCC)C1. The molecule has 1 saturated heterocycles. The molecule has 0 bridgehead atoms. The van der Waals surface area contributed by atoms with Crippen LogP contribution in [0.4, 0.5) is 0 Å². The fourth-order valence-corrected chi connectivity index (χ4v) is 16.6. The molecule has 1 heterocycles. The van der Waals surface area contributed by atoms with Gasteiger partial charge in [0, 0.05) is 77.8 Å². The van der Waals surface area contributed by atoms with Crippen molar-refractivity contribution in [3.63, 3.8) is 0 Å². The van der Waals surface area contributed by atoms with E-state index in [2.05, 4.69) is 112 Å². The Morgan fingerprint density at radius 3 is 0.756 bits per heavy atom.